The standard InChI is InChI=1S/C14H14O2S/c1-11-7-9-12(10-8-11)17(15)14-6-4-3-5-13(14)16-2/h3-10H,1-2H3. The summed E-state index contributed by atoms with van der Waals surface area (Å²) in [7, 11) is 0.397. The van der Waals surface area contributed by atoms with Gasteiger partial charge in [-0.1, -0.05) is 29.8 Å². The number of methoxy groups -OCH3 is 1. The molecule has 3 heteroatoms. The number of benzene rings is 2. The second kappa shape index (κ2) is 5.15. The molecular weight excluding hydrogens is 232 g/mol. The van der Waals surface area contributed by atoms with Crippen molar-refractivity contribution in [2.24, 2.45) is 0 Å². The van der Waals surface area contributed by atoms with Gasteiger partial charge in [0.05, 0.1) is 22.8 Å². The summed E-state index contributed by atoms with van der Waals surface area (Å²) in [6.07, 6.45) is 0. The van der Waals surface area contributed by atoms with E-state index in [0.29, 0.717) is 10.6 Å². The smallest absolute Gasteiger partial charge is 0.135 e. The predicted octanol–water partition coefficient (Wildman–Crippen LogP) is 3.17. The van der Waals surface area contributed by atoms with Crippen LogP contribution >= 0.6 is 0 Å². The van der Waals surface area contributed by atoms with Crippen LogP contribution in [0.15, 0.2) is 58.3 Å². The Labute approximate surface area is 104 Å². The quantitative estimate of drug-likeness (QED) is 0.831. The van der Waals surface area contributed by atoms with E-state index in [9.17, 15) is 4.21 Å². The van der Waals surface area contributed by atoms with E-state index in [1.54, 1.807) is 7.11 Å². The number of rotatable bonds is 3. The molecule has 0 N–H and O–H groups in total. The van der Waals surface area contributed by atoms with Crippen LogP contribution in [0.4, 0.5) is 0 Å². The van der Waals surface area contributed by atoms with Crippen molar-refractivity contribution in [3.05, 3.63) is 54.1 Å². The first-order valence-electron chi connectivity index (χ1n) is 5.34. The minimum absolute atomic E-state index is 0.659. The van der Waals surface area contributed by atoms with Crippen LogP contribution in [0.2, 0.25) is 0 Å². The van der Waals surface area contributed by atoms with Crippen LogP contribution in [0.5, 0.6) is 5.75 Å². The van der Waals surface area contributed by atoms with Crippen LogP contribution in [0.1, 0.15) is 5.56 Å². The molecule has 0 aromatic heterocycles. The van der Waals surface area contributed by atoms with Gasteiger partial charge in [-0.15, -0.1) is 0 Å². The Morgan fingerprint density at radius 1 is 1.00 bits per heavy atom. The molecule has 0 saturated heterocycles. The average molecular weight is 246 g/mol. The molecule has 1 atom stereocenters. The van der Waals surface area contributed by atoms with Crippen LogP contribution in [0.3, 0.4) is 0 Å². The lowest BCUT2D eigenvalue weighted by molar-refractivity contribution is 0.404. The van der Waals surface area contributed by atoms with Crippen molar-refractivity contribution >= 4 is 10.8 Å². The van der Waals surface area contributed by atoms with E-state index >= 15 is 0 Å². The zero-order valence-corrected chi connectivity index (χ0v) is 10.7. The van der Waals surface area contributed by atoms with Crippen LogP contribution in [0, 0.1) is 6.92 Å². The normalized spacial score (nSPS) is 12.1. The lowest BCUT2D eigenvalue weighted by Gasteiger charge is -2.07. The van der Waals surface area contributed by atoms with Gasteiger partial charge >= 0.3 is 0 Å². The van der Waals surface area contributed by atoms with Gasteiger partial charge in [0.2, 0.25) is 0 Å². The molecular formula is C14H14O2S. The fourth-order valence-electron chi connectivity index (χ4n) is 1.56. The molecule has 0 aliphatic heterocycles. The van der Waals surface area contributed by atoms with Crippen molar-refractivity contribution < 1.29 is 8.95 Å². The summed E-state index contributed by atoms with van der Waals surface area (Å²) in [4.78, 5) is 1.50. The first-order chi connectivity index (χ1) is 8.22. The largest absolute Gasteiger partial charge is 0.495 e. The third-order valence-electron chi connectivity index (χ3n) is 2.50. The van der Waals surface area contributed by atoms with Gasteiger partial charge in [0.15, 0.2) is 0 Å². The number of ether oxygens (including phenoxy) is 1. The van der Waals surface area contributed by atoms with E-state index in [4.69, 9.17) is 4.74 Å². The molecule has 0 radical (unpaired) electrons. The minimum atomic E-state index is -1.19. The van der Waals surface area contributed by atoms with Gasteiger partial charge in [-0.05, 0) is 31.2 Å². The first-order valence-corrected chi connectivity index (χ1v) is 6.49. The lowest BCUT2D eigenvalue weighted by Crippen LogP contribution is -1.96. The van der Waals surface area contributed by atoms with Gasteiger partial charge in [0.25, 0.3) is 0 Å². The fourth-order valence-corrected chi connectivity index (χ4v) is 2.73. The van der Waals surface area contributed by atoms with Gasteiger partial charge < -0.3 is 4.74 Å². The maximum Gasteiger partial charge on any atom is 0.135 e. The zero-order valence-electron chi connectivity index (χ0n) is 9.84. The summed E-state index contributed by atoms with van der Waals surface area (Å²) < 4.78 is 17.6. The molecule has 0 saturated carbocycles. The number of aryl methyl sites for hydroxylation is 1. The van der Waals surface area contributed by atoms with Crippen molar-refractivity contribution in [1.29, 1.82) is 0 Å². The Morgan fingerprint density at radius 2 is 1.65 bits per heavy atom. The predicted molar refractivity (Wildman–Crippen MR) is 68.8 cm³/mol. The molecule has 2 nitrogen and oxygen atoms in total. The van der Waals surface area contributed by atoms with Crippen molar-refractivity contribution in [3.8, 4) is 5.75 Å². The Balaban J connectivity index is 2.40. The second-order valence-corrected chi connectivity index (χ2v) is 5.18. The Morgan fingerprint density at radius 3 is 2.29 bits per heavy atom. The molecule has 0 aliphatic rings. The van der Waals surface area contributed by atoms with Gasteiger partial charge in [-0.3, -0.25) is 0 Å². The Hall–Kier alpha value is -1.61. The highest BCUT2D eigenvalue weighted by Gasteiger charge is 2.11. The molecule has 0 aliphatic carbocycles. The summed E-state index contributed by atoms with van der Waals surface area (Å²) >= 11 is 0. The molecule has 0 bridgehead atoms. The third-order valence-corrected chi connectivity index (χ3v) is 3.94. The first kappa shape index (κ1) is 11.9. The molecule has 0 spiro atoms. The van der Waals surface area contributed by atoms with E-state index in [0.717, 1.165) is 10.5 Å². The van der Waals surface area contributed by atoms with E-state index in [1.807, 2.05) is 55.5 Å². The Kier molecular flexibility index (Phi) is 3.59. The second-order valence-electron chi connectivity index (χ2n) is 3.73. The van der Waals surface area contributed by atoms with Gasteiger partial charge in [0.1, 0.15) is 5.75 Å². The van der Waals surface area contributed by atoms with E-state index in [1.165, 1.54) is 0 Å². The SMILES string of the molecule is COc1ccccc1S(=O)c1ccc(C)cc1. The van der Waals surface area contributed by atoms with Crippen LogP contribution < -0.4 is 4.74 Å². The summed E-state index contributed by atoms with van der Waals surface area (Å²) in [6, 6.07) is 15.1. The highest BCUT2D eigenvalue weighted by Crippen LogP contribution is 2.25. The summed E-state index contributed by atoms with van der Waals surface area (Å²) in [5, 5.41) is 0. The molecule has 0 heterocycles. The van der Waals surface area contributed by atoms with E-state index in [-0.39, 0.29) is 0 Å². The maximum atomic E-state index is 12.4. The molecule has 2 rings (SSSR count). The third kappa shape index (κ3) is 2.56. The number of hydrogen-bond acceptors (Lipinski definition) is 2. The fraction of sp³-hybridized carbons (Fsp3) is 0.143. The highest BCUT2D eigenvalue weighted by molar-refractivity contribution is 7.85. The van der Waals surface area contributed by atoms with Crippen LogP contribution in [-0.4, -0.2) is 11.3 Å². The van der Waals surface area contributed by atoms with Gasteiger partial charge in [-0.25, -0.2) is 4.21 Å². The summed E-state index contributed by atoms with van der Waals surface area (Å²) in [6.45, 7) is 2.01. The summed E-state index contributed by atoms with van der Waals surface area (Å²) in [5.74, 6) is 0.659. The Bertz CT molecular complexity index is 532. The maximum absolute atomic E-state index is 12.4. The lowest BCUT2D eigenvalue weighted by atomic mass is 10.2. The minimum Gasteiger partial charge on any atom is -0.495 e. The van der Waals surface area contributed by atoms with E-state index < -0.39 is 10.8 Å². The molecule has 2 aromatic carbocycles. The van der Waals surface area contributed by atoms with Crippen molar-refractivity contribution in [2.45, 2.75) is 16.7 Å². The number of para-hydroxylation sites is 1. The molecule has 0 fully saturated rings. The summed E-state index contributed by atoms with van der Waals surface area (Å²) in [5.41, 5.74) is 1.16. The molecule has 2 aromatic rings. The average Bonchev–Trinajstić information content (AvgIpc) is 2.39. The van der Waals surface area contributed by atoms with Crippen molar-refractivity contribution in [3.63, 3.8) is 0 Å². The molecule has 88 valence electrons. The monoisotopic (exact) mass is 246 g/mol. The van der Waals surface area contributed by atoms with Crippen molar-refractivity contribution in [2.75, 3.05) is 7.11 Å². The number of hydrogen-bond donors (Lipinski definition) is 0. The topological polar surface area (TPSA) is 26.3 Å². The highest BCUT2D eigenvalue weighted by atomic mass is 32.2. The van der Waals surface area contributed by atoms with Crippen LogP contribution in [0.25, 0.3) is 0 Å². The molecule has 17 heavy (non-hydrogen) atoms. The van der Waals surface area contributed by atoms with Crippen LogP contribution in [-0.2, 0) is 10.8 Å². The molecule has 1 unspecified atom stereocenters. The zero-order chi connectivity index (χ0) is 12.3. The van der Waals surface area contributed by atoms with Gasteiger partial charge in [0, 0.05) is 4.90 Å². The molecule has 0 amide bonds. The van der Waals surface area contributed by atoms with Gasteiger partial charge in [-0.2, -0.15) is 0 Å². The van der Waals surface area contributed by atoms with E-state index in [2.05, 4.69) is 0 Å². The van der Waals surface area contributed by atoms with Crippen molar-refractivity contribution in [1.82, 2.24) is 0 Å².